The normalized spacial score (nSPS) is 31.7. The average molecular weight is 235 g/mol. The molecule has 1 fully saturated rings. The largest absolute Gasteiger partial charge is 0.391 e. The van der Waals surface area contributed by atoms with E-state index in [1.165, 1.54) is 0 Å². The lowest BCUT2D eigenvalue weighted by Gasteiger charge is -2.40. The topological polar surface area (TPSA) is 23.5 Å². The summed E-state index contributed by atoms with van der Waals surface area (Å²) in [4.78, 5) is 1.61. The smallest absolute Gasteiger partial charge is 0.251 e. The van der Waals surface area contributed by atoms with Crippen molar-refractivity contribution in [1.29, 1.82) is 0 Å². The predicted octanol–water partition coefficient (Wildman–Crippen LogP) is 2.37. The molecule has 0 heterocycles. The molecule has 96 valence electrons. The monoisotopic (exact) mass is 235 g/mol. The molecule has 3 unspecified atom stereocenters. The van der Waals surface area contributed by atoms with Crippen molar-refractivity contribution in [2.45, 2.75) is 51.7 Å². The molecule has 4 heteroatoms. The fourth-order valence-electron chi connectivity index (χ4n) is 2.59. The fraction of sp³-hybridized carbons (Fsp3) is 1.00. The molecule has 1 rings (SSSR count). The Hall–Kier alpha value is -0.220. The molecule has 0 spiro atoms. The van der Waals surface area contributed by atoms with Crippen LogP contribution in [0, 0.1) is 11.8 Å². The minimum Gasteiger partial charge on any atom is -0.391 e. The van der Waals surface area contributed by atoms with Crippen molar-refractivity contribution >= 4 is 0 Å². The lowest BCUT2D eigenvalue weighted by Crippen LogP contribution is -2.47. The van der Waals surface area contributed by atoms with Gasteiger partial charge in [-0.25, -0.2) is 8.78 Å². The van der Waals surface area contributed by atoms with Gasteiger partial charge in [-0.15, -0.1) is 0 Å². The molecule has 1 N–H and O–H groups in total. The van der Waals surface area contributed by atoms with Gasteiger partial charge < -0.3 is 5.11 Å². The maximum absolute atomic E-state index is 12.3. The van der Waals surface area contributed by atoms with Crippen LogP contribution in [0.2, 0.25) is 0 Å². The molecule has 16 heavy (non-hydrogen) atoms. The molecule has 1 aliphatic rings. The third kappa shape index (κ3) is 3.67. The maximum atomic E-state index is 12.3. The van der Waals surface area contributed by atoms with Gasteiger partial charge in [0.2, 0.25) is 0 Å². The van der Waals surface area contributed by atoms with Crippen molar-refractivity contribution < 1.29 is 13.9 Å². The molecule has 0 aromatic rings. The second kappa shape index (κ2) is 5.92. The molecule has 1 aliphatic carbocycles. The summed E-state index contributed by atoms with van der Waals surface area (Å²) in [6.07, 6.45) is -0.184. The van der Waals surface area contributed by atoms with Gasteiger partial charge in [-0.1, -0.05) is 13.8 Å². The lowest BCUT2D eigenvalue weighted by molar-refractivity contribution is -0.0152. The van der Waals surface area contributed by atoms with E-state index in [1.807, 2.05) is 0 Å². The molecular formula is C12H23F2NO. The SMILES string of the molecule is CC(C)C1CCC(O)C(N(C)CC(F)F)C1. The average Bonchev–Trinajstić information content (AvgIpc) is 2.16. The summed E-state index contributed by atoms with van der Waals surface area (Å²) < 4.78 is 24.6. The molecule has 0 amide bonds. The quantitative estimate of drug-likeness (QED) is 0.808. The maximum Gasteiger partial charge on any atom is 0.251 e. The standard InChI is InChI=1S/C12H23F2NO/c1-8(2)9-4-5-11(16)10(6-9)15(3)7-12(13)14/h8-12,16H,4-7H2,1-3H3. The van der Waals surface area contributed by atoms with Gasteiger partial charge in [-0.3, -0.25) is 4.90 Å². The van der Waals surface area contributed by atoms with Crippen molar-refractivity contribution in [3.8, 4) is 0 Å². The zero-order valence-electron chi connectivity index (χ0n) is 10.4. The predicted molar refractivity (Wildman–Crippen MR) is 60.6 cm³/mol. The van der Waals surface area contributed by atoms with Crippen molar-refractivity contribution in [1.82, 2.24) is 4.90 Å². The Bertz CT molecular complexity index is 211. The molecule has 2 nitrogen and oxygen atoms in total. The van der Waals surface area contributed by atoms with Crippen LogP contribution < -0.4 is 0 Å². The Balaban J connectivity index is 2.55. The fourth-order valence-corrected chi connectivity index (χ4v) is 2.59. The molecule has 0 aromatic carbocycles. The Morgan fingerprint density at radius 3 is 2.44 bits per heavy atom. The number of aliphatic hydroxyl groups excluding tert-OH is 1. The molecule has 0 radical (unpaired) electrons. The number of hydrogen-bond donors (Lipinski definition) is 1. The third-order valence-corrected chi connectivity index (χ3v) is 3.76. The van der Waals surface area contributed by atoms with Crippen LogP contribution in [-0.4, -0.2) is 42.2 Å². The first kappa shape index (κ1) is 13.8. The number of nitrogens with zero attached hydrogens (tertiary/aromatic N) is 1. The van der Waals surface area contributed by atoms with Crippen LogP contribution >= 0.6 is 0 Å². The Morgan fingerprint density at radius 1 is 1.31 bits per heavy atom. The Morgan fingerprint density at radius 2 is 1.94 bits per heavy atom. The summed E-state index contributed by atoms with van der Waals surface area (Å²) in [6.45, 7) is 4.08. The van der Waals surface area contributed by atoms with E-state index in [0.29, 0.717) is 11.8 Å². The van der Waals surface area contributed by atoms with E-state index in [-0.39, 0.29) is 12.6 Å². The highest BCUT2D eigenvalue weighted by atomic mass is 19.3. The lowest BCUT2D eigenvalue weighted by atomic mass is 9.77. The van der Waals surface area contributed by atoms with Crippen LogP contribution in [0.15, 0.2) is 0 Å². The van der Waals surface area contributed by atoms with Crippen LogP contribution in [0.4, 0.5) is 8.78 Å². The van der Waals surface area contributed by atoms with Gasteiger partial charge in [0.25, 0.3) is 6.43 Å². The van der Waals surface area contributed by atoms with Crippen molar-refractivity contribution in [3.05, 3.63) is 0 Å². The van der Waals surface area contributed by atoms with Crippen LogP contribution in [0.25, 0.3) is 0 Å². The van der Waals surface area contributed by atoms with E-state index in [4.69, 9.17) is 0 Å². The van der Waals surface area contributed by atoms with Crippen LogP contribution in [-0.2, 0) is 0 Å². The summed E-state index contributed by atoms with van der Waals surface area (Å²) in [7, 11) is 1.68. The van der Waals surface area contributed by atoms with Crippen molar-refractivity contribution in [2.75, 3.05) is 13.6 Å². The van der Waals surface area contributed by atoms with Gasteiger partial charge in [0.1, 0.15) is 0 Å². The van der Waals surface area contributed by atoms with Crippen LogP contribution in [0.5, 0.6) is 0 Å². The first-order valence-corrected chi connectivity index (χ1v) is 6.08. The molecule has 0 saturated heterocycles. The van der Waals surface area contributed by atoms with E-state index in [2.05, 4.69) is 13.8 Å². The van der Waals surface area contributed by atoms with E-state index >= 15 is 0 Å². The third-order valence-electron chi connectivity index (χ3n) is 3.76. The second-order valence-corrected chi connectivity index (χ2v) is 5.28. The van der Waals surface area contributed by atoms with Crippen LogP contribution in [0.1, 0.15) is 33.1 Å². The molecule has 0 bridgehead atoms. The number of alkyl halides is 2. The summed E-state index contributed by atoms with van der Waals surface area (Å²) in [5, 5.41) is 9.87. The molecule has 0 aliphatic heterocycles. The van der Waals surface area contributed by atoms with Gasteiger partial charge in [0.05, 0.1) is 12.6 Å². The summed E-state index contributed by atoms with van der Waals surface area (Å²) >= 11 is 0. The summed E-state index contributed by atoms with van der Waals surface area (Å²) in [5.41, 5.74) is 0. The summed E-state index contributed by atoms with van der Waals surface area (Å²) in [6, 6.07) is -0.102. The number of hydrogen-bond acceptors (Lipinski definition) is 2. The van der Waals surface area contributed by atoms with E-state index < -0.39 is 12.5 Å². The second-order valence-electron chi connectivity index (χ2n) is 5.28. The Kier molecular flexibility index (Phi) is 5.12. The number of likely N-dealkylation sites (N-methyl/N-ethyl adjacent to an activating group) is 1. The zero-order chi connectivity index (χ0) is 12.3. The first-order valence-electron chi connectivity index (χ1n) is 6.08. The number of rotatable bonds is 4. The molecular weight excluding hydrogens is 212 g/mol. The van der Waals surface area contributed by atoms with E-state index in [9.17, 15) is 13.9 Å². The highest BCUT2D eigenvalue weighted by Crippen LogP contribution is 2.32. The first-order chi connectivity index (χ1) is 7.41. The van der Waals surface area contributed by atoms with Crippen molar-refractivity contribution in [3.63, 3.8) is 0 Å². The van der Waals surface area contributed by atoms with Gasteiger partial charge in [0.15, 0.2) is 0 Å². The molecule has 1 saturated carbocycles. The minimum atomic E-state index is -2.32. The molecule has 0 aromatic heterocycles. The summed E-state index contributed by atoms with van der Waals surface area (Å²) in [5.74, 6) is 1.11. The van der Waals surface area contributed by atoms with Gasteiger partial charge in [-0.05, 0) is 38.1 Å². The number of aliphatic hydroxyl groups is 1. The highest BCUT2D eigenvalue weighted by Gasteiger charge is 2.33. The zero-order valence-corrected chi connectivity index (χ0v) is 10.4. The van der Waals surface area contributed by atoms with E-state index in [1.54, 1.807) is 11.9 Å². The minimum absolute atomic E-state index is 0.102. The Labute approximate surface area is 96.6 Å². The van der Waals surface area contributed by atoms with E-state index in [0.717, 1.165) is 19.3 Å². The van der Waals surface area contributed by atoms with Crippen molar-refractivity contribution in [2.24, 2.45) is 11.8 Å². The van der Waals surface area contributed by atoms with Crippen LogP contribution in [0.3, 0.4) is 0 Å². The van der Waals surface area contributed by atoms with Gasteiger partial charge in [0, 0.05) is 6.04 Å². The van der Waals surface area contributed by atoms with Gasteiger partial charge >= 0.3 is 0 Å². The number of halogens is 2. The highest BCUT2D eigenvalue weighted by molar-refractivity contribution is 4.86. The molecule has 3 atom stereocenters. The van der Waals surface area contributed by atoms with Gasteiger partial charge in [-0.2, -0.15) is 0 Å².